The summed E-state index contributed by atoms with van der Waals surface area (Å²) in [6, 6.07) is 6.43. The molecule has 1 aromatic heterocycles. The fraction of sp³-hybridized carbons (Fsp3) is 0.421. The van der Waals surface area contributed by atoms with E-state index < -0.39 is 5.82 Å². The summed E-state index contributed by atoms with van der Waals surface area (Å²) in [5, 5.41) is 8.48. The standard InChI is InChI=1S/C19H22FN5O/c1-19(5-6-19)26-16-8-12(2-3-14(16)20)18(22)15-9-17(24-11-23-15)25-7-4-13(21)10-25/h2-3,8-9,11,13,22H,4-7,10,21H2,1H3/t13-/m1/s1. The van der Waals surface area contributed by atoms with Crippen LogP contribution in [0.2, 0.25) is 0 Å². The normalized spacial score (nSPS) is 20.9. The van der Waals surface area contributed by atoms with E-state index in [1.165, 1.54) is 12.4 Å². The average molecular weight is 355 g/mol. The molecule has 4 rings (SSSR count). The minimum atomic E-state index is -0.413. The molecule has 1 saturated carbocycles. The third-order valence-corrected chi connectivity index (χ3v) is 4.99. The number of nitrogens with one attached hydrogen (secondary N) is 1. The third-order valence-electron chi connectivity index (χ3n) is 4.99. The lowest BCUT2D eigenvalue weighted by Gasteiger charge is -2.17. The Morgan fingerprint density at radius 1 is 1.35 bits per heavy atom. The van der Waals surface area contributed by atoms with Crippen molar-refractivity contribution in [3.05, 3.63) is 47.7 Å². The molecule has 0 spiro atoms. The van der Waals surface area contributed by atoms with Crippen molar-refractivity contribution >= 4 is 11.5 Å². The molecule has 136 valence electrons. The van der Waals surface area contributed by atoms with Crippen LogP contribution in [0.3, 0.4) is 0 Å². The number of hydrogen-bond acceptors (Lipinski definition) is 6. The molecule has 2 fully saturated rings. The highest BCUT2D eigenvalue weighted by atomic mass is 19.1. The van der Waals surface area contributed by atoms with Gasteiger partial charge in [-0.25, -0.2) is 14.4 Å². The van der Waals surface area contributed by atoms with Crippen LogP contribution in [0, 0.1) is 11.2 Å². The zero-order valence-electron chi connectivity index (χ0n) is 14.7. The second-order valence-electron chi connectivity index (χ2n) is 7.33. The van der Waals surface area contributed by atoms with Gasteiger partial charge in [0.1, 0.15) is 17.7 Å². The number of anilines is 1. The molecule has 1 aliphatic carbocycles. The molecule has 2 heterocycles. The molecule has 0 amide bonds. The molecule has 1 atom stereocenters. The molecular formula is C19H22FN5O. The van der Waals surface area contributed by atoms with Crippen LogP contribution in [0.25, 0.3) is 0 Å². The zero-order chi connectivity index (χ0) is 18.3. The molecular weight excluding hydrogens is 333 g/mol. The Morgan fingerprint density at radius 3 is 2.85 bits per heavy atom. The van der Waals surface area contributed by atoms with E-state index in [9.17, 15) is 4.39 Å². The lowest BCUT2D eigenvalue weighted by atomic mass is 10.1. The van der Waals surface area contributed by atoms with Crippen LogP contribution in [-0.2, 0) is 0 Å². The van der Waals surface area contributed by atoms with Crippen molar-refractivity contribution in [3.8, 4) is 5.75 Å². The first kappa shape index (κ1) is 16.9. The van der Waals surface area contributed by atoms with Gasteiger partial charge in [-0.05, 0) is 44.4 Å². The summed E-state index contributed by atoms with van der Waals surface area (Å²) in [5.74, 6) is 0.535. The molecule has 6 nitrogen and oxygen atoms in total. The van der Waals surface area contributed by atoms with Crippen LogP contribution in [0.5, 0.6) is 5.75 Å². The smallest absolute Gasteiger partial charge is 0.165 e. The van der Waals surface area contributed by atoms with Gasteiger partial charge in [0.2, 0.25) is 0 Å². The molecule has 3 N–H and O–H groups in total. The maximum Gasteiger partial charge on any atom is 0.165 e. The maximum atomic E-state index is 14.1. The first-order chi connectivity index (χ1) is 12.4. The molecule has 1 saturated heterocycles. The molecule has 1 aromatic carbocycles. The molecule has 26 heavy (non-hydrogen) atoms. The van der Waals surface area contributed by atoms with Crippen LogP contribution in [0.1, 0.15) is 37.4 Å². The van der Waals surface area contributed by atoms with E-state index in [-0.39, 0.29) is 23.1 Å². The minimum absolute atomic E-state index is 0.147. The highest BCUT2D eigenvalue weighted by Gasteiger charge is 2.40. The fourth-order valence-corrected chi connectivity index (χ4v) is 3.08. The van der Waals surface area contributed by atoms with E-state index in [1.807, 2.05) is 6.92 Å². The number of ether oxygens (including phenoxy) is 1. The fourth-order valence-electron chi connectivity index (χ4n) is 3.08. The topological polar surface area (TPSA) is 88.1 Å². The summed E-state index contributed by atoms with van der Waals surface area (Å²) >= 11 is 0. The van der Waals surface area contributed by atoms with E-state index in [2.05, 4.69) is 14.9 Å². The quantitative estimate of drug-likeness (QED) is 0.805. The molecule has 2 aliphatic rings. The van der Waals surface area contributed by atoms with E-state index in [4.69, 9.17) is 15.9 Å². The summed E-state index contributed by atoms with van der Waals surface area (Å²) in [6.07, 6.45) is 4.21. The lowest BCUT2D eigenvalue weighted by molar-refractivity contribution is 0.191. The first-order valence-electron chi connectivity index (χ1n) is 8.84. The van der Waals surface area contributed by atoms with Crippen LogP contribution in [0.4, 0.5) is 10.2 Å². The Labute approximate surface area is 151 Å². The summed E-state index contributed by atoms with van der Waals surface area (Å²) in [6.45, 7) is 3.55. The SMILES string of the molecule is CC1(Oc2cc(C(=N)c3cc(N4CC[C@@H](N)C4)ncn3)ccc2F)CC1. The van der Waals surface area contributed by atoms with Gasteiger partial charge in [-0.3, -0.25) is 5.41 Å². The van der Waals surface area contributed by atoms with Crippen molar-refractivity contribution in [3.63, 3.8) is 0 Å². The highest BCUT2D eigenvalue weighted by Crippen LogP contribution is 2.40. The van der Waals surface area contributed by atoms with E-state index in [0.717, 1.165) is 38.2 Å². The number of nitrogens with zero attached hydrogens (tertiary/aromatic N) is 3. The minimum Gasteiger partial charge on any atom is -0.484 e. The maximum absolute atomic E-state index is 14.1. The lowest BCUT2D eigenvalue weighted by Crippen LogP contribution is -2.27. The number of hydrogen-bond donors (Lipinski definition) is 2. The predicted molar refractivity (Wildman–Crippen MR) is 97.4 cm³/mol. The third kappa shape index (κ3) is 3.39. The van der Waals surface area contributed by atoms with Gasteiger partial charge in [0, 0.05) is 30.8 Å². The summed E-state index contributed by atoms with van der Waals surface area (Å²) < 4.78 is 19.8. The Hall–Kier alpha value is -2.54. The molecule has 7 heteroatoms. The van der Waals surface area contributed by atoms with Gasteiger partial charge in [0.25, 0.3) is 0 Å². The largest absolute Gasteiger partial charge is 0.484 e. The van der Waals surface area contributed by atoms with Crippen LogP contribution in [0.15, 0.2) is 30.6 Å². The summed E-state index contributed by atoms with van der Waals surface area (Å²) in [7, 11) is 0. The van der Waals surface area contributed by atoms with Crippen molar-refractivity contribution in [2.24, 2.45) is 5.73 Å². The zero-order valence-corrected chi connectivity index (χ0v) is 14.7. The monoisotopic (exact) mass is 355 g/mol. The number of halogens is 1. The molecule has 1 aliphatic heterocycles. The van der Waals surface area contributed by atoms with Crippen LogP contribution in [-0.4, -0.2) is 40.4 Å². The Bertz CT molecular complexity index is 852. The van der Waals surface area contributed by atoms with E-state index >= 15 is 0 Å². The number of rotatable bonds is 5. The molecule has 0 bridgehead atoms. The van der Waals surface area contributed by atoms with Crippen LogP contribution >= 0.6 is 0 Å². The van der Waals surface area contributed by atoms with Gasteiger partial charge in [-0.1, -0.05) is 0 Å². The average Bonchev–Trinajstić information content (AvgIpc) is 3.20. The summed E-state index contributed by atoms with van der Waals surface area (Å²) in [5.41, 5.74) is 6.95. The van der Waals surface area contributed by atoms with Crippen molar-refractivity contribution in [2.75, 3.05) is 18.0 Å². The Morgan fingerprint density at radius 2 is 2.15 bits per heavy atom. The van der Waals surface area contributed by atoms with Gasteiger partial charge in [0.05, 0.1) is 11.4 Å². The number of benzene rings is 1. The van der Waals surface area contributed by atoms with Gasteiger partial charge in [0.15, 0.2) is 11.6 Å². The van der Waals surface area contributed by atoms with Crippen LogP contribution < -0.4 is 15.4 Å². The first-order valence-corrected chi connectivity index (χ1v) is 8.84. The Kier molecular flexibility index (Phi) is 4.11. The van der Waals surface area contributed by atoms with Gasteiger partial charge >= 0.3 is 0 Å². The second-order valence-corrected chi connectivity index (χ2v) is 7.33. The molecule has 2 aromatic rings. The van der Waals surface area contributed by atoms with Crippen molar-refractivity contribution in [1.29, 1.82) is 5.41 Å². The molecule has 0 unspecified atom stereocenters. The summed E-state index contributed by atoms with van der Waals surface area (Å²) in [4.78, 5) is 10.6. The number of nitrogens with two attached hydrogens (primary N) is 1. The van der Waals surface area contributed by atoms with Gasteiger partial charge < -0.3 is 15.4 Å². The highest BCUT2D eigenvalue weighted by molar-refractivity contribution is 6.10. The predicted octanol–water partition coefficient (Wildman–Crippen LogP) is 2.50. The van der Waals surface area contributed by atoms with E-state index in [0.29, 0.717) is 11.3 Å². The van der Waals surface area contributed by atoms with Crippen molar-refractivity contribution in [2.45, 2.75) is 37.8 Å². The number of aromatic nitrogens is 2. The second kappa shape index (κ2) is 6.32. The van der Waals surface area contributed by atoms with E-state index in [1.54, 1.807) is 18.2 Å². The van der Waals surface area contributed by atoms with Crippen molar-refractivity contribution in [1.82, 2.24) is 9.97 Å². The van der Waals surface area contributed by atoms with Gasteiger partial charge in [-0.2, -0.15) is 0 Å². The van der Waals surface area contributed by atoms with Crippen molar-refractivity contribution < 1.29 is 9.13 Å². The molecule has 0 radical (unpaired) electrons. The Balaban J connectivity index is 1.58. The van der Waals surface area contributed by atoms with Gasteiger partial charge in [-0.15, -0.1) is 0 Å².